The Morgan fingerprint density at radius 1 is 0.882 bits per heavy atom. The van der Waals surface area contributed by atoms with Crippen molar-refractivity contribution in [2.24, 2.45) is 5.41 Å². The molecule has 34 heavy (non-hydrogen) atoms. The van der Waals surface area contributed by atoms with Crippen molar-refractivity contribution in [3.8, 4) is 0 Å². The maximum atomic E-state index is 12.4. The van der Waals surface area contributed by atoms with Crippen LogP contribution in [0, 0.1) is 5.41 Å². The van der Waals surface area contributed by atoms with Crippen LogP contribution in [-0.4, -0.2) is 31.8 Å². The molecular weight excluding hydrogens is 428 g/mol. The first kappa shape index (κ1) is 28.4. The second-order valence-corrected chi connectivity index (χ2v) is 9.91. The monoisotopic (exact) mass is 474 g/mol. The average Bonchev–Trinajstić information content (AvgIpc) is 3.20. The minimum Gasteiger partial charge on any atom is -0.466 e. The van der Waals surface area contributed by atoms with E-state index < -0.39 is 5.41 Å². The van der Waals surface area contributed by atoms with E-state index in [9.17, 15) is 9.59 Å². The Morgan fingerprint density at radius 2 is 1.50 bits per heavy atom. The summed E-state index contributed by atoms with van der Waals surface area (Å²) in [6, 6.07) is 9.98. The summed E-state index contributed by atoms with van der Waals surface area (Å²) in [5.41, 5.74) is 0.610. The van der Waals surface area contributed by atoms with Gasteiger partial charge in [0, 0.05) is 12.0 Å². The van der Waals surface area contributed by atoms with Gasteiger partial charge in [-0.25, -0.2) is 0 Å². The highest BCUT2D eigenvalue weighted by molar-refractivity contribution is 5.76. The van der Waals surface area contributed by atoms with E-state index in [2.05, 4.69) is 6.92 Å². The van der Waals surface area contributed by atoms with E-state index in [1.54, 1.807) is 0 Å². The highest BCUT2D eigenvalue weighted by Crippen LogP contribution is 2.37. The number of carbonyl (C=O) groups is 2. The number of carbonyl (C=O) groups excluding carboxylic acids is 2. The molecule has 5 nitrogen and oxygen atoms in total. The number of esters is 2. The fraction of sp³-hybridized carbons (Fsp3) is 0.724. The Labute approximate surface area is 206 Å². The van der Waals surface area contributed by atoms with Crippen LogP contribution in [0.2, 0.25) is 0 Å². The molecule has 1 heterocycles. The summed E-state index contributed by atoms with van der Waals surface area (Å²) >= 11 is 0. The third-order valence-electron chi connectivity index (χ3n) is 6.73. The van der Waals surface area contributed by atoms with Crippen LogP contribution in [0.3, 0.4) is 0 Å². The first-order valence-electron chi connectivity index (χ1n) is 13.6. The highest BCUT2D eigenvalue weighted by Gasteiger charge is 2.42. The maximum Gasteiger partial charge on any atom is 0.306 e. The molecule has 1 aromatic rings. The molecule has 0 aliphatic carbocycles. The number of cyclic esters (lactones) is 1. The van der Waals surface area contributed by atoms with Crippen molar-refractivity contribution in [3.63, 3.8) is 0 Å². The van der Waals surface area contributed by atoms with Gasteiger partial charge in [-0.15, -0.1) is 0 Å². The van der Waals surface area contributed by atoms with Gasteiger partial charge in [0.1, 0.15) is 0 Å². The van der Waals surface area contributed by atoms with E-state index in [1.165, 1.54) is 64.2 Å². The number of benzene rings is 1. The zero-order chi connectivity index (χ0) is 24.3. The molecule has 1 aliphatic rings. The van der Waals surface area contributed by atoms with E-state index >= 15 is 0 Å². The van der Waals surface area contributed by atoms with Gasteiger partial charge in [0.05, 0.1) is 32.7 Å². The van der Waals surface area contributed by atoms with Gasteiger partial charge < -0.3 is 14.2 Å². The summed E-state index contributed by atoms with van der Waals surface area (Å²) in [6.07, 6.45) is 16.5. The van der Waals surface area contributed by atoms with E-state index in [0.717, 1.165) is 18.4 Å². The van der Waals surface area contributed by atoms with Crippen molar-refractivity contribution < 1.29 is 23.8 Å². The highest BCUT2D eigenvalue weighted by atomic mass is 16.5. The molecule has 1 aromatic carbocycles. The summed E-state index contributed by atoms with van der Waals surface area (Å²) < 4.78 is 16.5. The summed E-state index contributed by atoms with van der Waals surface area (Å²) in [5.74, 6) is -0.471. The van der Waals surface area contributed by atoms with Crippen molar-refractivity contribution in [2.75, 3.05) is 19.8 Å². The molecule has 2 rings (SSSR count). The lowest BCUT2D eigenvalue weighted by molar-refractivity contribution is -0.147. The maximum absolute atomic E-state index is 12.4. The van der Waals surface area contributed by atoms with Crippen molar-refractivity contribution in [1.29, 1.82) is 0 Å². The molecule has 1 saturated heterocycles. The zero-order valence-corrected chi connectivity index (χ0v) is 21.4. The first-order valence-corrected chi connectivity index (χ1v) is 13.6. The minimum absolute atomic E-state index is 0.214. The fourth-order valence-electron chi connectivity index (χ4n) is 4.54. The van der Waals surface area contributed by atoms with Crippen LogP contribution < -0.4 is 0 Å². The van der Waals surface area contributed by atoms with Crippen LogP contribution in [-0.2, 0) is 30.4 Å². The molecule has 0 spiro atoms. The van der Waals surface area contributed by atoms with Crippen LogP contribution in [0.4, 0.5) is 0 Å². The summed E-state index contributed by atoms with van der Waals surface area (Å²) in [7, 11) is 0. The molecule has 1 atom stereocenters. The van der Waals surface area contributed by atoms with Gasteiger partial charge in [-0.3, -0.25) is 9.59 Å². The Hall–Kier alpha value is -1.88. The molecule has 192 valence electrons. The Kier molecular flexibility index (Phi) is 14.6. The Bertz CT molecular complexity index is 674. The van der Waals surface area contributed by atoms with Crippen molar-refractivity contribution in [1.82, 2.24) is 0 Å². The second-order valence-electron chi connectivity index (χ2n) is 9.91. The summed E-state index contributed by atoms with van der Waals surface area (Å²) in [6.45, 7) is 4.00. The van der Waals surface area contributed by atoms with Gasteiger partial charge in [-0.1, -0.05) is 108 Å². The molecule has 0 unspecified atom stereocenters. The quantitative estimate of drug-likeness (QED) is 0.148. The largest absolute Gasteiger partial charge is 0.466 e. The van der Waals surface area contributed by atoms with Gasteiger partial charge in [0.25, 0.3) is 0 Å². The average molecular weight is 475 g/mol. The predicted octanol–water partition coefficient (Wildman–Crippen LogP) is 7.16. The predicted molar refractivity (Wildman–Crippen MR) is 135 cm³/mol. The molecule has 1 fully saturated rings. The van der Waals surface area contributed by atoms with Crippen molar-refractivity contribution in [2.45, 2.75) is 110 Å². The first-order chi connectivity index (χ1) is 16.6. The van der Waals surface area contributed by atoms with Crippen LogP contribution in [0.5, 0.6) is 0 Å². The molecular formula is C29H46O5. The standard InChI is InChI=1S/C29H46O5/c1-2-3-4-5-6-7-8-9-10-11-12-16-20-33-27(30)22-29(23-28(31)34-25-29)19-21-32-24-26-17-14-13-15-18-26/h13-15,17-18H,2-12,16,19-25H2,1H3/t29-/m1/s1. The van der Waals surface area contributed by atoms with Crippen LogP contribution in [0.15, 0.2) is 30.3 Å². The molecule has 0 radical (unpaired) electrons. The zero-order valence-electron chi connectivity index (χ0n) is 21.4. The van der Waals surface area contributed by atoms with Crippen LogP contribution in [0.25, 0.3) is 0 Å². The smallest absolute Gasteiger partial charge is 0.306 e. The van der Waals surface area contributed by atoms with Gasteiger partial charge in [0.2, 0.25) is 0 Å². The normalized spacial score (nSPS) is 17.6. The van der Waals surface area contributed by atoms with E-state index in [-0.39, 0.29) is 31.4 Å². The van der Waals surface area contributed by atoms with E-state index in [4.69, 9.17) is 14.2 Å². The lowest BCUT2D eigenvalue weighted by Gasteiger charge is -2.24. The van der Waals surface area contributed by atoms with Gasteiger partial charge >= 0.3 is 11.9 Å². The molecule has 0 aromatic heterocycles. The van der Waals surface area contributed by atoms with Crippen molar-refractivity contribution in [3.05, 3.63) is 35.9 Å². The van der Waals surface area contributed by atoms with Crippen LogP contribution >= 0.6 is 0 Å². The number of hydrogen-bond acceptors (Lipinski definition) is 5. The summed E-state index contributed by atoms with van der Waals surface area (Å²) in [5, 5.41) is 0. The molecule has 0 amide bonds. The number of hydrogen-bond donors (Lipinski definition) is 0. The molecule has 5 heteroatoms. The second kappa shape index (κ2) is 17.5. The Balaban J connectivity index is 1.51. The SMILES string of the molecule is CCCCCCCCCCCCCCOC(=O)C[C@@]1(CCOCc2ccccc2)COC(=O)C1. The fourth-order valence-corrected chi connectivity index (χ4v) is 4.54. The summed E-state index contributed by atoms with van der Waals surface area (Å²) in [4.78, 5) is 24.2. The van der Waals surface area contributed by atoms with E-state index in [0.29, 0.717) is 26.2 Å². The van der Waals surface area contributed by atoms with Crippen LogP contribution in [0.1, 0.15) is 109 Å². The molecule has 1 aliphatic heterocycles. The Morgan fingerprint density at radius 3 is 2.09 bits per heavy atom. The third kappa shape index (κ3) is 12.5. The van der Waals surface area contributed by atoms with Gasteiger partial charge in [0.15, 0.2) is 0 Å². The lowest BCUT2D eigenvalue weighted by atomic mass is 9.80. The molecule has 0 saturated carbocycles. The third-order valence-corrected chi connectivity index (χ3v) is 6.73. The van der Waals surface area contributed by atoms with E-state index in [1.807, 2.05) is 30.3 Å². The number of unbranched alkanes of at least 4 members (excludes halogenated alkanes) is 11. The van der Waals surface area contributed by atoms with Gasteiger partial charge in [-0.2, -0.15) is 0 Å². The number of ether oxygens (including phenoxy) is 3. The van der Waals surface area contributed by atoms with Crippen molar-refractivity contribution >= 4 is 11.9 Å². The topological polar surface area (TPSA) is 61.8 Å². The van der Waals surface area contributed by atoms with Gasteiger partial charge in [-0.05, 0) is 18.4 Å². The molecule has 0 N–H and O–H groups in total. The molecule has 0 bridgehead atoms. The minimum atomic E-state index is -0.499. The number of rotatable bonds is 20. The lowest BCUT2D eigenvalue weighted by Crippen LogP contribution is -2.28.